The minimum absolute atomic E-state index is 0.0482. The zero-order chi connectivity index (χ0) is 30.3. The number of nitrogens with one attached hydrogen (secondary N) is 2. The number of carbonyl (C=O) groups is 1. The van der Waals surface area contributed by atoms with Crippen molar-refractivity contribution in [2.24, 2.45) is 0 Å². The molecule has 1 aliphatic heterocycles. The molecule has 5 rings (SSSR count). The molecule has 4 aromatic rings. The number of benzene rings is 3. The summed E-state index contributed by atoms with van der Waals surface area (Å²) in [6.45, 7) is -0.546. The highest BCUT2D eigenvalue weighted by molar-refractivity contribution is 8.72. The molecule has 3 unspecified atom stereocenters. The highest BCUT2D eigenvalue weighted by Gasteiger charge is 2.30. The molecule has 43 heavy (non-hydrogen) atoms. The summed E-state index contributed by atoms with van der Waals surface area (Å²) in [7, 11) is 0.310. The lowest BCUT2D eigenvalue weighted by atomic mass is 10.1. The zero-order valence-electron chi connectivity index (χ0n) is 22.7. The van der Waals surface area contributed by atoms with E-state index in [0.717, 1.165) is 0 Å². The van der Waals surface area contributed by atoms with Crippen LogP contribution in [0, 0.1) is 5.82 Å². The fourth-order valence-corrected chi connectivity index (χ4v) is 7.95. The van der Waals surface area contributed by atoms with Crippen molar-refractivity contribution in [1.82, 2.24) is 9.97 Å². The number of aliphatic hydroxyl groups is 2. The van der Waals surface area contributed by atoms with Crippen LogP contribution in [-0.4, -0.2) is 61.0 Å². The van der Waals surface area contributed by atoms with Crippen molar-refractivity contribution in [3.8, 4) is 11.5 Å². The van der Waals surface area contributed by atoms with Gasteiger partial charge in [0.2, 0.25) is 5.91 Å². The number of fused-ring (bicyclic) bond motifs is 1. The SMILES string of the molecule is O=C(CC1CC[S+]([O-])S1)Nc1cc2c(Nc3ccc(OCc4cccc(F)c4)c(Cl)c3)ncnc2cc1OCC(O)CO. The molecule has 3 atom stereocenters. The quantitative estimate of drug-likeness (QED) is 0.123. The molecule has 2 heterocycles. The van der Waals surface area contributed by atoms with Crippen molar-refractivity contribution in [3.05, 3.63) is 77.3 Å². The van der Waals surface area contributed by atoms with Crippen LogP contribution in [0.15, 0.2) is 60.9 Å². The number of anilines is 3. The molecule has 0 aliphatic carbocycles. The summed E-state index contributed by atoms with van der Waals surface area (Å²) in [4.78, 5) is 21.6. The maximum absolute atomic E-state index is 13.5. The molecule has 14 heteroatoms. The number of carbonyl (C=O) groups excluding carboxylic acids is 1. The van der Waals surface area contributed by atoms with E-state index in [2.05, 4.69) is 20.6 Å². The lowest BCUT2D eigenvalue weighted by molar-refractivity contribution is -0.116. The van der Waals surface area contributed by atoms with Crippen LogP contribution in [0.4, 0.5) is 21.6 Å². The third-order valence-corrected chi connectivity index (χ3v) is 10.1. The van der Waals surface area contributed by atoms with Crippen LogP contribution in [-0.2, 0) is 21.6 Å². The molecule has 3 aromatic carbocycles. The average molecular weight is 647 g/mol. The maximum atomic E-state index is 13.5. The highest BCUT2D eigenvalue weighted by Crippen LogP contribution is 2.37. The van der Waals surface area contributed by atoms with Gasteiger partial charge in [-0.2, -0.15) is 0 Å². The number of aliphatic hydroxyl groups excluding tert-OH is 2. The third kappa shape index (κ3) is 8.40. The van der Waals surface area contributed by atoms with E-state index in [1.54, 1.807) is 42.5 Å². The van der Waals surface area contributed by atoms with Gasteiger partial charge in [0.15, 0.2) is 0 Å². The second kappa shape index (κ2) is 14.4. The van der Waals surface area contributed by atoms with Crippen LogP contribution in [0.5, 0.6) is 11.5 Å². The summed E-state index contributed by atoms with van der Waals surface area (Å²) < 4.78 is 36.7. The van der Waals surface area contributed by atoms with Crippen LogP contribution in [0.1, 0.15) is 18.4 Å². The predicted molar refractivity (Wildman–Crippen MR) is 166 cm³/mol. The van der Waals surface area contributed by atoms with Gasteiger partial charge in [0.1, 0.15) is 54.5 Å². The second-order valence-corrected chi connectivity index (χ2v) is 13.7. The number of ether oxygens (including phenoxy) is 2. The van der Waals surface area contributed by atoms with Gasteiger partial charge in [-0.25, -0.2) is 14.4 Å². The Morgan fingerprint density at radius 1 is 1.19 bits per heavy atom. The summed E-state index contributed by atoms with van der Waals surface area (Å²) in [5.41, 5.74) is 2.08. The molecule has 1 saturated heterocycles. The van der Waals surface area contributed by atoms with E-state index in [-0.39, 0.29) is 42.4 Å². The molecule has 1 fully saturated rings. The van der Waals surface area contributed by atoms with Crippen LogP contribution in [0.2, 0.25) is 5.02 Å². The Labute approximate surface area is 258 Å². The van der Waals surface area contributed by atoms with Gasteiger partial charge in [-0.15, -0.1) is 0 Å². The minimum Gasteiger partial charge on any atom is -0.605 e. The van der Waals surface area contributed by atoms with Gasteiger partial charge in [0.05, 0.1) is 38.9 Å². The van der Waals surface area contributed by atoms with Crippen molar-refractivity contribution in [2.75, 3.05) is 29.6 Å². The van der Waals surface area contributed by atoms with E-state index < -0.39 is 22.9 Å². The first-order valence-electron chi connectivity index (χ1n) is 13.3. The highest BCUT2D eigenvalue weighted by atomic mass is 35.5. The molecule has 10 nitrogen and oxygen atoms in total. The molecule has 1 amide bonds. The molecule has 226 valence electrons. The van der Waals surface area contributed by atoms with Crippen LogP contribution < -0.4 is 20.1 Å². The Morgan fingerprint density at radius 3 is 2.79 bits per heavy atom. The molecular weight excluding hydrogens is 619 g/mol. The number of hydrogen-bond acceptors (Lipinski definition) is 10. The number of aromatic nitrogens is 2. The maximum Gasteiger partial charge on any atom is 0.225 e. The van der Waals surface area contributed by atoms with E-state index in [9.17, 15) is 24.0 Å². The summed E-state index contributed by atoms with van der Waals surface area (Å²) in [6.07, 6.45) is 1.12. The third-order valence-electron chi connectivity index (χ3n) is 6.39. The summed E-state index contributed by atoms with van der Waals surface area (Å²) in [5.74, 6) is 1.03. The van der Waals surface area contributed by atoms with Crippen molar-refractivity contribution in [3.63, 3.8) is 0 Å². The van der Waals surface area contributed by atoms with Crippen LogP contribution >= 0.6 is 22.4 Å². The zero-order valence-corrected chi connectivity index (χ0v) is 25.1. The Balaban J connectivity index is 1.36. The van der Waals surface area contributed by atoms with E-state index in [1.165, 1.54) is 29.3 Å². The topological polar surface area (TPSA) is 149 Å². The van der Waals surface area contributed by atoms with Crippen molar-refractivity contribution < 1.29 is 33.4 Å². The number of rotatable bonds is 12. The standard InChI is InChI=1S/C29H28ClFN4O6S2/c30-23-9-19(4-5-26(23)40-14-17-2-1-3-18(31)8-17)34-29-22-11-25(35-28(38)10-21-6-7-43(39)42-21)27(41-15-20(37)13-36)12-24(22)32-16-33-29/h1-5,8-9,11-12,16,20-21,36-37H,6-7,10,13-15H2,(H,35,38)(H,32,33,34). The van der Waals surface area contributed by atoms with Gasteiger partial charge in [0.25, 0.3) is 0 Å². The Kier molecular flexibility index (Phi) is 10.4. The molecule has 0 saturated carbocycles. The predicted octanol–water partition coefficient (Wildman–Crippen LogP) is 4.97. The molecular formula is C29H28ClFN4O6S2. The number of amides is 1. The van der Waals surface area contributed by atoms with Gasteiger partial charge in [0, 0.05) is 40.2 Å². The van der Waals surface area contributed by atoms with Crippen molar-refractivity contribution in [1.29, 1.82) is 0 Å². The van der Waals surface area contributed by atoms with Crippen molar-refractivity contribution >= 4 is 66.6 Å². The Bertz CT molecular complexity index is 1600. The largest absolute Gasteiger partial charge is 0.605 e. The number of hydrogen-bond donors (Lipinski definition) is 4. The van der Waals surface area contributed by atoms with Gasteiger partial charge in [-0.1, -0.05) is 23.7 Å². The Hall–Kier alpha value is -3.33. The van der Waals surface area contributed by atoms with E-state index in [0.29, 0.717) is 56.6 Å². The summed E-state index contributed by atoms with van der Waals surface area (Å²) in [5, 5.41) is 25.9. The van der Waals surface area contributed by atoms with E-state index in [1.807, 2.05) is 0 Å². The van der Waals surface area contributed by atoms with Crippen molar-refractivity contribution in [2.45, 2.75) is 30.8 Å². The van der Waals surface area contributed by atoms with Gasteiger partial charge >= 0.3 is 0 Å². The van der Waals surface area contributed by atoms with E-state index in [4.69, 9.17) is 21.1 Å². The fraction of sp³-hybridized carbons (Fsp3) is 0.276. The van der Waals surface area contributed by atoms with Gasteiger partial charge in [-0.05, 0) is 42.0 Å². The van der Waals surface area contributed by atoms with Crippen LogP contribution in [0.25, 0.3) is 10.9 Å². The molecule has 0 bridgehead atoms. The number of nitrogens with zero attached hydrogens (tertiary/aromatic N) is 2. The fourth-order valence-electron chi connectivity index (χ4n) is 4.28. The van der Waals surface area contributed by atoms with Gasteiger partial charge in [-0.3, -0.25) is 4.79 Å². The summed E-state index contributed by atoms with van der Waals surface area (Å²) >= 11 is 6.47. The first-order valence-corrected chi connectivity index (χ1v) is 16.4. The minimum atomic E-state index is -1.11. The molecule has 1 aliphatic rings. The van der Waals surface area contributed by atoms with Crippen LogP contribution in [0.3, 0.4) is 0 Å². The molecule has 4 N–H and O–H groups in total. The lowest BCUT2D eigenvalue weighted by Crippen LogP contribution is -2.22. The molecule has 0 radical (unpaired) electrons. The van der Waals surface area contributed by atoms with E-state index >= 15 is 0 Å². The first-order chi connectivity index (χ1) is 20.8. The van der Waals surface area contributed by atoms with Gasteiger partial charge < -0.3 is 34.9 Å². The second-order valence-electron chi connectivity index (χ2n) is 9.69. The normalized spacial score (nSPS) is 17.0. The smallest absolute Gasteiger partial charge is 0.225 e. The lowest BCUT2D eigenvalue weighted by Gasteiger charge is -2.17. The average Bonchev–Trinajstić information content (AvgIpc) is 3.39. The monoisotopic (exact) mass is 646 g/mol. The first kappa shape index (κ1) is 31.1. The number of halogens is 2. The summed E-state index contributed by atoms with van der Waals surface area (Å²) in [6, 6.07) is 14.5. The molecule has 0 spiro atoms. The molecule has 1 aromatic heterocycles. The Morgan fingerprint density at radius 2 is 2.05 bits per heavy atom.